The zero-order valence-corrected chi connectivity index (χ0v) is 12.5. The zero-order chi connectivity index (χ0) is 14.9. The van der Waals surface area contributed by atoms with Crippen molar-refractivity contribution in [3.63, 3.8) is 0 Å². The molecule has 0 saturated heterocycles. The number of nitrogens with zero attached hydrogens (tertiary/aromatic N) is 2. The zero-order valence-electron chi connectivity index (χ0n) is 12.5. The van der Waals surface area contributed by atoms with Gasteiger partial charge in [0.15, 0.2) is 0 Å². The molecule has 21 heavy (non-hydrogen) atoms. The van der Waals surface area contributed by atoms with Gasteiger partial charge in [0.05, 0.1) is 25.1 Å². The van der Waals surface area contributed by atoms with Crippen LogP contribution in [0.1, 0.15) is 17.9 Å². The maximum atomic E-state index is 8.61. The van der Waals surface area contributed by atoms with E-state index in [-0.39, 0.29) is 6.61 Å². The van der Waals surface area contributed by atoms with E-state index in [1.807, 2.05) is 31.3 Å². The van der Waals surface area contributed by atoms with Gasteiger partial charge in [0.2, 0.25) is 0 Å². The summed E-state index contributed by atoms with van der Waals surface area (Å²) < 4.78 is 7.39. The minimum Gasteiger partial charge on any atom is -0.394 e. The average Bonchev–Trinajstić information content (AvgIpc) is 2.88. The number of rotatable bonds is 9. The molecule has 0 radical (unpaired) electrons. The average molecular weight is 289 g/mol. The van der Waals surface area contributed by atoms with Gasteiger partial charge in [-0.05, 0) is 32.0 Å². The molecule has 2 rings (SSSR count). The van der Waals surface area contributed by atoms with Crippen LogP contribution >= 0.6 is 0 Å². The molecule has 0 fully saturated rings. The molecule has 5 nitrogen and oxygen atoms in total. The Hall–Kier alpha value is -1.69. The van der Waals surface area contributed by atoms with Crippen LogP contribution in [0.5, 0.6) is 0 Å². The van der Waals surface area contributed by atoms with Gasteiger partial charge < -0.3 is 15.2 Å². The molecular weight excluding hydrogens is 266 g/mol. The van der Waals surface area contributed by atoms with Crippen LogP contribution in [0, 0.1) is 6.92 Å². The number of hydrogen-bond acceptors (Lipinski definition) is 4. The molecule has 1 aromatic carbocycles. The Labute approximate surface area is 125 Å². The molecule has 0 aliphatic heterocycles. The molecule has 1 heterocycles. The maximum absolute atomic E-state index is 8.61. The van der Waals surface area contributed by atoms with E-state index in [0.717, 1.165) is 36.7 Å². The minimum atomic E-state index is 0.0863. The second kappa shape index (κ2) is 8.56. The van der Waals surface area contributed by atoms with Crippen molar-refractivity contribution in [2.45, 2.75) is 19.9 Å². The summed E-state index contributed by atoms with van der Waals surface area (Å²) in [6, 6.07) is 10.2. The molecule has 0 amide bonds. The van der Waals surface area contributed by atoms with E-state index in [0.29, 0.717) is 13.2 Å². The Kier molecular flexibility index (Phi) is 6.40. The van der Waals surface area contributed by atoms with Crippen LogP contribution in [0.15, 0.2) is 36.5 Å². The number of hydrogen-bond donors (Lipinski definition) is 2. The first kappa shape index (κ1) is 15.7. The maximum Gasteiger partial charge on any atom is 0.110 e. The quantitative estimate of drug-likeness (QED) is 0.689. The van der Waals surface area contributed by atoms with Gasteiger partial charge in [-0.2, -0.15) is 0 Å². The lowest BCUT2D eigenvalue weighted by molar-refractivity contribution is 0.0907. The highest BCUT2D eigenvalue weighted by Gasteiger charge is 2.07. The number of nitrogens with one attached hydrogen (secondary N) is 1. The van der Waals surface area contributed by atoms with Crippen molar-refractivity contribution in [1.29, 1.82) is 0 Å². The summed E-state index contributed by atoms with van der Waals surface area (Å²) in [6.45, 7) is 4.84. The Morgan fingerprint density at radius 2 is 2.05 bits per heavy atom. The van der Waals surface area contributed by atoms with Crippen molar-refractivity contribution in [3.05, 3.63) is 48.0 Å². The lowest BCUT2D eigenvalue weighted by Crippen LogP contribution is -2.19. The van der Waals surface area contributed by atoms with Gasteiger partial charge in [-0.15, -0.1) is 0 Å². The van der Waals surface area contributed by atoms with Crippen molar-refractivity contribution in [2.75, 3.05) is 26.4 Å². The fourth-order valence-electron chi connectivity index (χ4n) is 2.23. The first-order valence-corrected chi connectivity index (χ1v) is 7.31. The molecule has 0 bridgehead atoms. The fraction of sp³-hybridized carbons (Fsp3) is 0.438. The molecule has 1 aromatic heterocycles. The summed E-state index contributed by atoms with van der Waals surface area (Å²) in [4.78, 5) is 4.40. The number of aryl methyl sites for hydroxylation is 1. The molecular formula is C16H23N3O2. The second-order valence-corrected chi connectivity index (χ2v) is 4.83. The number of aliphatic hydroxyl groups excluding tert-OH is 1. The SMILES string of the molecule is Cc1ncc(CNCCCOCCO)n1-c1ccccc1. The monoisotopic (exact) mass is 289 g/mol. The lowest BCUT2D eigenvalue weighted by Gasteiger charge is -2.11. The van der Waals surface area contributed by atoms with E-state index in [1.165, 1.54) is 0 Å². The van der Waals surface area contributed by atoms with Crippen LogP contribution in [0.3, 0.4) is 0 Å². The van der Waals surface area contributed by atoms with Crippen LogP contribution < -0.4 is 5.32 Å². The van der Waals surface area contributed by atoms with Crippen molar-refractivity contribution < 1.29 is 9.84 Å². The topological polar surface area (TPSA) is 59.3 Å². The summed E-state index contributed by atoms with van der Waals surface area (Å²) in [5.74, 6) is 0.990. The predicted octanol–water partition coefficient (Wildman–Crippen LogP) is 1.67. The molecule has 0 aliphatic rings. The minimum absolute atomic E-state index is 0.0863. The third kappa shape index (κ3) is 4.67. The van der Waals surface area contributed by atoms with E-state index in [1.54, 1.807) is 0 Å². The number of aromatic nitrogens is 2. The Morgan fingerprint density at radius 1 is 1.24 bits per heavy atom. The third-order valence-corrected chi connectivity index (χ3v) is 3.21. The number of imidazole rings is 1. The Balaban J connectivity index is 1.84. The van der Waals surface area contributed by atoms with Gasteiger partial charge >= 0.3 is 0 Å². The fourth-order valence-corrected chi connectivity index (χ4v) is 2.23. The van der Waals surface area contributed by atoms with Crippen LogP contribution in [-0.2, 0) is 11.3 Å². The van der Waals surface area contributed by atoms with Crippen LogP contribution in [-0.4, -0.2) is 41.0 Å². The largest absolute Gasteiger partial charge is 0.394 e. The van der Waals surface area contributed by atoms with Crippen LogP contribution in [0.25, 0.3) is 5.69 Å². The van der Waals surface area contributed by atoms with Gasteiger partial charge in [-0.3, -0.25) is 4.57 Å². The van der Waals surface area contributed by atoms with Crippen LogP contribution in [0.2, 0.25) is 0 Å². The highest BCUT2D eigenvalue weighted by molar-refractivity contribution is 5.35. The van der Waals surface area contributed by atoms with Crippen LogP contribution in [0.4, 0.5) is 0 Å². The summed E-state index contributed by atoms with van der Waals surface area (Å²) in [7, 11) is 0. The normalized spacial score (nSPS) is 11.0. The predicted molar refractivity (Wildman–Crippen MR) is 82.5 cm³/mol. The molecule has 2 aromatic rings. The molecule has 0 spiro atoms. The summed E-state index contributed by atoms with van der Waals surface area (Å²) in [6.07, 6.45) is 2.84. The standard InChI is InChI=1S/C16H23N3O2/c1-14-18-13-16(12-17-8-5-10-21-11-9-20)19(14)15-6-3-2-4-7-15/h2-4,6-7,13,17,20H,5,8-12H2,1H3. The van der Waals surface area contributed by atoms with Gasteiger partial charge in [-0.25, -0.2) is 4.98 Å². The van der Waals surface area contributed by atoms with E-state index < -0.39 is 0 Å². The van der Waals surface area contributed by atoms with Gasteiger partial charge in [0.1, 0.15) is 5.82 Å². The van der Waals surface area contributed by atoms with E-state index in [2.05, 4.69) is 27.0 Å². The van der Waals surface area contributed by atoms with Crippen molar-refractivity contribution in [1.82, 2.24) is 14.9 Å². The molecule has 0 saturated carbocycles. The van der Waals surface area contributed by atoms with E-state index >= 15 is 0 Å². The van der Waals surface area contributed by atoms with Crippen molar-refractivity contribution in [2.24, 2.45) is 0 Å². The van der Waals surface area contributed by atoms with E-state index in [9.17, 15) is 0 Å². The second-order valence-electron chi connectivity index (χ2n) is 4.83. The molecule has 5 heteroatoms. The van der Waals surface area contributed by atoms with Gasteiger partial charge in [0, 0.05) is 18.8 Å². The molecule has 2 N–H and O–H groups in total. The number of benzene rings is 1. The highest BCUT2D eigenvalue weighted by Crippen LogP contribution is 2.14. The molecule has 0 unspecified atom stereocenters. The summed E-state index contributed by atoms with van der Waals surface area (Å²) >= 11 is 0. The number of aliphatic hydroxyl groups is 1. The van der Waals surface area contributed by atoms with Gasteiger partial charge in [0.25, 0.3) is 0 Å². The Bertz CT molecular complexity index is 526. The van der Waals surface area contributed by atoms with Crippen molar-refractivity contribution in [3.8, 4) is 5.69 Å². The van der Waals surface area contributed by atoms with Gasteiger partial charge in [-0.1, -0.05) is 18.2 Å². The summed E-state index contributed by atoms with van der Waals surface area (Å²) in [5, 5.41) is 12.0. The number of ether oxygens (including phenoxy) is 1. The molecule has 0 atom stereocenters. The Morgan fingerprint density at radius 3 is 2.81 bits per heavy atom. The molecule has 114 valence electrons. The van der Waals surface area contributed by atoms with E-state index in [4.69, 9.17) is 9.84 Å². The smallest absolute Gasteiger partial charge is 0.110 e. The lowest BCUT2D eigenvalue weighted by atomic mass is 10.3. The molecule has 0 aliphatic carbocycles. The summed E-state index contributed by atoms with van der Waals surface area (Å²) in [5.41, 5.74) is 2.28. The third-order valence-electron chi connectivity index (χ3n) is 3.21. The van der Waals surface area contributed by atoms with Crippen molar-refractivity contribution >= 4 is 0 Å². The first-order chi connectivity index (χ1) is 10.3. The number of para-hydroxylation sites is 1. The first-order valence-electron chi connectivity index (χ1n) is 7.31. The highest BCUT2D eigenvalue weighted by atomic mass is 16.5.